The Morgan fingerprint density at radius 3 is 1.09 bits per heavy atom. The Hall–Kier alpha value is -3.34. The fourth-order valence-corrected chi connectivity index (χ4v) is 8.63. The van der Waals surface area contributed by atoms with Crippen molar-refractivity contribution in [3.63, 3.8) is 0 Å². The first-order valence-electron chi connectivity index (χ1n) is 29.5. The molecule has 74 heavy (non-hydrogen) atoms. The van der Waals surface area contributed by atoms with Crippen molar-refractivity contribution in [1.29, 1.82) is 0 Å². The lowest BCUT2D eigenvalue weighted by Gasteiger charge is -2.21. The SMILES string of the molecule is CC/C=C\C/C=C\C/C=C\CCCCCCCCCC(=O)OCC(COP(=O)(O)OCC(CO)OC(=O)CCCCCCC/C=C\CCCCCCCC)OC(=O)CCCCCCC/C=C\C/C=C\C/C=C\CC. The lowest BCUT2D eigenvalue weighted by molar-refractivity contribution is -0.161. The summed E-state index contributed by atoms with van der Waals surface area (Å²) in [6, 6.07) is 0. The summed E-state index contributed by atoms with van der Waals surface area (Å²) in [5.74, 6) is -1.50. The van der Waals surface area contributed by atoms with Crippen LogP contribution in [0.15, 0.2) is 85.1 Å². The molecule has 0 saturated heterocycles. The van der Waals surface area contributed by atoms with Gasteiger partial charge in [0.1, 0.15) is 12.7 Å². The van der Waals surface area contributed by atoms with E-state index in [-0.39, 0.29) is 25.9 Å². The summed E-state index contributed by atoms with van der Waals surface area (Å²) >= 11 is 0. The van der Waals surface area contributed by atoms with Crippen LogP contribution in [-0.2, 0) is 42.2 Å². The maximum Gasteiger partial charge on any atom is 0.472 e. The minimum absolute atomic E-state index is 0.143. The van der Waals surface area contributed by atoms with Crippen molar-refractivity contribution in [1.82, 2.24) is 0 Å². The summed E-state index contributed by atoms with van der Waals surface area (Å²) in [6.07, 6.45) is 63.9. The van der Waals surface area contributed by atoms with Crippen molar-refractivity contribution in [2.24, 2.45) is 0 Å². The number of carbonyl (C=O) groups excluding carboxylic acids is 3. The molecule has 0 rings (SSSR count). The zero-order chi connectivity index (χ0) is 54.1. The van der Waals surface area contributed by atoms with Crippen LogP contribution in [0.2, 0.25) is 0 Å². The Kier molecular flexibility index (Phi) is 53.4. The topological polar surface area (TPSA) is 155 Å². The molecular formula is C62H107O11P. The Morgan fingerprint density at radius 1 is 0.392 bits per heavy atom. The summed E-state index contributed by atoms with van der Waals surface area (Å²) in [7, 11) is -4.76. The highest BCUT2D eigenvalue weighted by molar-refractivity contribution is 7.47. The number of carbonyl (C=O) groups is 3. The second-order valence-corrected chi connectivity index (χ2v) is 20.8. The van der Waals surface area contributed by atoms with E-state index in [0.717, 1.165) is 141 Å². The van der Waals surface area contributed by atoms with Crippen molar-refractivity contribution in [2.45, 2.75) is 264 Å². The average molecular weight is 1060 g/mol. The number of ether oxygens (including phenoxy) is 3. The van der Waals surface area contributed by atoms with E-state index >= 15 is 0 Å². The van der Waals surface area contributed by atoms with Gasteiger partial charge in [-0.15, -0.1) is 0 Å². The standard InChI is InChI=1S/C62H107O11P/c1-4-7-10-13-16-19-22-25-28-29-32-33-36-39-42-45-48-51-60(64)69-55-59(73-62(66)53-50-47-44-41-38-35-31-27-24-21-18-15-12-9-6-3)57-71-74(67,68)70-56-58(54-63)72-61(65)52-49-46-43-40-37-34-30-26-23-20-17-14-11-8-5-2/h7,9-10,12,16,18-19,21,25-28,30-31,58-59,63H,4-6,8,11,13-15,17,20,22-24,29,32-57H2,1-3H3,(H,67,68)/b10-7-,12-9-,19-16-,21-18-,28-25-,30-26-,31-27-. The molecule has 0 aromatic heterocycles. The van der Waals surface area contributed by atoms with E-state index in [0.29, 0.717) is 19.3 Å². The van der Waals surface area contributed by atoms with Crippen molar-refractivity contribution < 1.29 is 52.2 Å². The number of phosphoric ester groups is 1. The molecule has 0 aliphatic heterocycles. The lowest BCUT2D eigenvalue weighted by atomic mass is 10.1. The molecule has 0 bridgehead atoms. The molecule has 11 nitrogen and oxygen atoms in total. The van der Waals surface area contributed by atoms with E-state index in [9.17, 15) is 28.9 Å². The monoisotopic (exact) mass is 1060 g/mol. The predicted octanol–water partition coefficient (Wildman–Crippen LogP) is 17.5. The second kappa shape index (κ2) is 55.9. The van der Waals surface area contributed by atoms with Crippen LogP contribution in [0.4, 0.5) is 0 Å². The van der Waals surface area contributed by atoms with Crippen LogP contribution in [0.1, 0.15) is 252 Å². The van der Waals surface area contributed by atoms with Gasteiger partial charge in [0, 0.05) is 19.3 Å². The summed E-state index contributed by atoms with van der Waals surface area (Å²) in [4.78, 5) is 48.6. The highest BCUT2D eigenvalue weighted by Crippen LogP contribution is 2.43. The second-order valence-electron chi connectivity index (χ2n) is 19.4. The van der Waals surface area contributed by atoms with Crippen molar-refractivity contribution in [2.75, 3.05) is 26.4 Å². The molecule has 0 amide bonds. The van der Waals surface area contributed by atoms with Gasteiger partial charge in [0.15, 0.2) is 6.10 Å². The first-order chi connectivity index (χ1) is 36.2. The number of hydrogen-bond donors (Lipinski definition) is 2. The molecule has 12 heteroatoms. The van der Waals surface area contributed by atoms with Gasteiger partial charge in [-0.2, -0.15) is 0 Å². The van der Waals surface area contributed by atoms with Gasteiger partial charge >= 0.3 is 25.7 Å². The van der Waals surface area contributed by atoms with Gasteiger partial charge in [-0.3, -0.25) is 23.4 Å². The maximum absolute atomic E-state index is 12.9. The molecular weight excluding hydrogens is 952 g/mol. The zero-order valence-electron chi connectivity index (χ0n) is 47.0. The van der Waals surface area contributed by atoms with Gasteiger partial charge in [-0.1, -0.05) is 209 Å². The minimum atomic E-state index is -4.76. The first kappa shape index (κ1) is 70.7. The number of phosphoric acid groups is 1. The van der Waals surface area contributed by atoms with Crippen molar-refractivity contribution in [3.05, 3.63) is 85.1 Å². The number of rotatable bonds is 54. The highest BCUT2D eigenvalue weighted by Gasteiger charge is 2.28. The normalized spacial score (nSPS) is 14.0. The summed E-state index contributed by atoms with van der Waals surface area (Å²) in [5.41, 5.74) is 0. The number of allylic oxidation sites excluding steroid dienone is 14. The third-order valence-corrected chi connectivity index (χ3v) is 13.2. The number of aliphatic hydroxyl groups excluding tert-OH is 1. The number of esters is 3. The Balaban J connectivity index is 4.75. The molecule has 2 N–H and O–H groups in total. The molecule has 0 aromatic rings. The lowest BCUT2D eigenvalue weighted by Crippen LogP contribution is -2.30. The predicted molar refractivity (Wildman–Crippen MR) is 307 cm³/mol. The van der Waals surface area contributed by atoms with Gasteiger partial charge < -0.3 is 24.2 Å². The van der Waals surface area contributed by atoms with Crippen LogP contribution in [0, 0.1) is 0 Å². The molecule has 0 aromatic carbocycles. The molecule has 0 radical (unpaired) electrons. The Bertz CT molecular complexity index is 1560. The molecule has 3 atom stereocenters. The van der Waals surface area contributed by atoms with Crippen molar-refractivity contribution in [3.8, 4) is 0 Å². The van der Waals surface area contributed by atoms with Gasteiger partial charge in [0.2, 0.25) is 0 Å². The molecule has 0 saturated carbocycles. The van der Waals surface area contributed by atoms with Crippen LogP contribution in [-0.4, -0.2) is 66.5 Å². The third kappa shape index (κ3) is 53.5. The first-order valence-corrected chi connectivity index (χ1v) is 31.0. The zero-order valence-corrected chi connectivity index (χ0v) is 47.9. The van der Waals surface area contributed by atoms with Gasteiger partial charge in [0.25, 0.3) is 0 Å². The number of unbranched alkanes of at least 4 members (excludes halogenated alkanes) is 23. The minimum Gasteiger partial charge on any atom is -0.462 e. The summed E-state index contributed by atoms with van der Waals surface area (Å²) in [5, 5.41) is 9.82. The Morgan fingerprint density at radius 2 is 0.703 bits per heavy atom. The van der Waals surface area contributed by atoms with E-state index in [4.69, 9.17) is 23.3 Å². The quantitative estimate of drug-likeness (QED) is 0.0197. The summed E-state index contributed by atoms with van der Waals surface area (Å²) in [6.45, 7) is 4.39. The summed E-state index contributed by atoms with van der Waals surface area (Å²) < 4.78 is 39.5. The van der Waals surface area contributed by atoms with E-state index in [2.05, 4.69) is 106 Å². The maximum atomic E-state index is 12.9. The van der Waals surface area contributed by atoms with Crippen LogP contribution in [0.3, 0.4) is 0 Å². The van der Waals surface area contributed by atoms with E-state index < -0.39 is 57.8 Å². The number of aliphatic hydroxyl groups is 1. The van der Waals surface area contributed by atoms with E-state index in [1.165, 1.54) is 51.4 Å². The molecule has 0 aliphatic carbocycles. The van der Waals surface area contributed by atoms with Crippen LogP contribution >= 0.6 is 7.82 Å². The largest absolute Gasteiger partial charge is 0.472 e. The van der Waals surface area contributed by atoms with E-state index in [1.807, 2.05) is 0 Å². The molecule has 0 heterocycles. The van der Waals surface area contributed by atoms with Gasteiger partial charge in [-0.05, 0) is 109 Å². The van der Waals surface area contributed by atoms with Gasteiger partial charge in [-0.25, -0.2) is 4.57 Å². The smallest absolute Gasteiger partial charge is 0.462 e. The average Bonchev–Trinajstić information content (AvgIpc) is 3.39. The van der Waals surface area contributed by atoms with E-state index in [1.54, 1.807) is 0 Å². The van der Waals surface area contributed by atoms with Crippen LogP contribution < -0.4 is 0 Å². The third-order valence-electron chi connectivity index (χ3n) is 12.3. The highest BCUT2D eigenvalue weighted by atomic mass is 31.2. The Labute approximate surface area is 451 Å². The van der Waals surface area contributed by atoms with Gasteiger partial charge in [0.05, 0.1) is 19.8 Å². The fourth-order valence-electron chi connectivity index (χ4n) is 7.85. The van der Waals surface area contributed by atoms with Crippen LogP contribution in [0.25, 0.3) is 0 Å². The molecule has 426 valence electrons. The molecule has 0 fully saturated rings. The number of hydrogen-bond acceptors (Lipinski definition) is 10. The molecule has 0 spiro atoms. The molecule has 3 unspecified atom stereocenters. The fraction of sp³-hybridized carbons (Fsp3) is 0.726. The van der Waals surface area contributed by atoms with Crippen LogP contribution in [0.5, 0.6) is 0 Å². The van der Waals surface area contributed by atoms with Crippen molar-refractivity contribution >= 4 is 25.7 Å². The molecule has 0 aliphatic rings.